The Kier molecular flexibility index (Phi) is 12.4. The first kappa shape index (κ1) is 34.7. The van der Waals surface area contributed by atoms with Crippen LogP contribution in [0.3, 0.4) is 0 Å². The molecule has 1 fully saturated rings. The highest BCUT2D eigenvalue weighted by molar-refractivity contribution is 7.94. The highest BCUT2D eigenvalue weighted by atomic mass is 31.2. The van der Waals surface area contributed by atoms with Gasteiger partial charge in [-0.3, -0.25) is 0 Å². The lowest BCUT2D eigenvalue weighted by Crippen LogP contribution is -2.31. The molecular weight excluding hydrogens is 634 g/mol. The third-order valence-corrected chi connectivity index (χ3v) is 17.3. The van der Waals surface area contributed by atoms with Crippen LogP contribution in [-0.2, 0) is 9.47 Å². The number of ether oxygens (including phenoxy) is 2. The van der Waals surface area contributed by atoms with Gasteiger partial charge < -0.3 is 9.47 Å². The quantitative estimate of drug-likeness (QED) is 0.145. The molecule has 6 aromatic carbocycles. The molecule has 49 heavy (non-hydrogen) atoms. The molecule has 1 aliphatic heterocycles. The molecule has 6 aromatic rings. The summed E-state index contributed by atoms with van der Waals surface area (Å²) < 4.78 is 11.6. The Labute approximate surface area is 293 Å². The Balaban J connectivity index is 0.000000171. The average Bonchev–Trinajstić information content (AvgIpc) is 3.20. The molecule has 0 spiro atoms. The average molecular weight is 681 g/mol. The van der Waals surface area contributed by atoms with Gasteiger partial charge >= 0.3 is 0 Å². The molecule has 0 radical (unpaired) electrons. The number of hydrogen-bond donors (Lipinski definition) is 0. The minimum Gasteiger partial charge on any atom is -0.381 e. The molecule has 7 rings (SSSR count). The van der Waals surface area contributed by atoms with E-state index in [0.717, 1.165) is 13.0 Å². The fraction of sp³-hybridized carbons (Fsp3) is 0.156. The lowest BCUT2D eigenvalue weighted by Gasteiger charge is -2.32. The third kappa shape index (κ3) is 8.02. The highest BCUT2D eigenvalue weighted by Gasteiger charge is 2.28. The van der Waals surface area contributed by atoms with E-state index in [2.05, 4.69) is 194 Å². The van der Waals surface area contributed by atoms with Gasteiger partial charge in [0.2, 0.25) is 0 Å². The van der Waals surface area contributed by atoms with E-state index in [1.54, 1.807) is 7.11 Å². The van der Waals surface area contributed by atoms with Crippen LogP contribution in [0.1, 0.15) is 19.3 Å². The van der Waals surface area contributed by atoms with Crippen LogP contribution >= 0.6 is 13.8 Å². The summed E-state index contributed by atoms with van der Waals surface area (Å²) >= 11 is 0. The SMILES string of the molecule is C(C1CCCCO1)=P(c1ccccc1)(c1ccccc1)c1ccccc1.COCC=P(c1ccccc1)(c1ccccc1)c1ccccc1. The normalized spacial score (nSPS) is 14.6. The standard InChI is InChI=1S/C24H25OP.C21H21OP/c1-4-13-22(14-5-1)26(23-15-6-2-7-16-23,24-17-8-3-9-18-24)20-21-12-10-11-19-25-21;1-22-17-18-23(19-11-5-2-6-12-19,20-13-7-3-8-14-20)21-15-9-4-10-16-21/h1-9,13-18,20-21H,10-12,19H2;2-16,18H,17H2,1H3. The molecule has 0 aromatic heterocycles. The molecule has 0 aliphatic carbocycles. The van der Waals surface area contributed by atoms with Crippen molar-refractivity contribution < 1.29 is 9.47 Å². The summed E-state index contributed by atoms with van der Waals surface area (Å²) in [5, 5.41) is 8.25. The molecule has 1 atom stereocenters. The van der Waals surface area contributed by atoms with Crippen molar-refractivity contribution in [1.82, 2.24) is 0 Å². The van der Waals surface area contributed by atoms with Crippen LogP contribution in [0.25, 0.3) is 0 Å². The van der Waals surface area contributed by atoms with Crippen molar-refractivity contribution in [2.45, 2.75) is 25.4 Å². The number of rotatable bonds is 9. The van der Waals surface area contributed by atoms with Crippen LogP contribution in [0.2, 0.25) is 0 Å². The van der Waals surface area contributed by atoms with E-state index in [1.807, 2.05) is 0 Å². The van der Waals surface area contributed by atoms with E-state index in [0.29, 0.717) is 6.61 Å². The summed E-state index contributed by atoms with van der Waals surface area (Å²) in [6.07, 6.45) is 3.77. The molecule has 2 nitrogen and oxygen atoms in total. The summed E-state index contributed by atoms with van der Waals surface area (Å²) in [6.45, 7) is -2.19. The van der Waals surface area contributed by atoms with Gasteiger partial charge in [-0.15, -0.1) is 0 Å². The van der Waals surface area contributed by atoms with Gasteiger partial charge in [0.25, 0.3) is 0 Å². The Morgan fingerprint density at radius 1 is 0.490 bits per heavy atom. The van der Waals surface area contributed by atoms with Gasteiger partial charge in [-0.05, 0) is 76.5 Å². The molecule has 0 bridgehead atoms. The van der Waals surface area contributed by atoms with Crippen molar-refractivity contribution in [2.75, 3.05) is 20.3 Å². The molecule has 1 aliphatic rings. The number of hydrogen-bond acceptors (Lipinski definition) is 2. The lowest BCUT2D eigenvalue weighted by atomic mass is 10.1. The fourth-order valence-corrected chi connectivity index (χ4v) is 14.7. The van der Waals surface area contributed by atoms with Crippen LogP contribution in [-0.4, -0.2) is 38.0 Å². The summed E-state index contributed by atoms with van der Waals surface area (Å²) in [4.78, 5) is 0. The van der Waals surface area contributed by atoms with Gasteiger partial charge in [-0.1, -0.05) is 182 Å². The van der Waals surface area contributed by atoms with Crippen molar-refractivity contribution in [2.24, 2.45) is 0 Å². The maximum Gasteiger partial charge on any atom is 0.0768 e. The molecule has 0 saturated carbocycles. The van der Waals surface area contributed by atoms with Gasteiger partial charge in [0.1, 0.15) is 0 Å². The Morgan fingerprint density at radius 2 is 0.816 bits per heavy atom. The minimum atomic E-state index is -1.87. The lowest BCUT2D eigenvalue weighted by molar-refractivity contribution is 0.0627. The first-order valence-corrected chi connectivity index (χ1v) is 20.9. The van der Waals surface area contributed by atoms with Gasteiger partial charge in [-0.2, -0.15) is 0 Å². The van der Waals surface area contributed by atoms with Crippen molar-refractivity contribution in [1.29, 1.82) is 0 Å². The molecule has 1 heterocycles. The molecular formula is C45H46O2P2. The summed E-state index contributed by atoms with van der Waals surface area (Å²) in [5.41, 5.74) is 0. The molecule has 1 saturated heterocycles. The zero-order valence-corrected chi connectivity index (χ0v) is 30.1. The highest BCUT2D eigenvalue weighted by Crippen LogP contribution is 2.45. The molecule has 248 valence electrons. The van der Waals surface area contributed by atoms with E-state index in [-0.39, 0.29) is 6.10 Å². The fourth-order valence-electron chi connectivity index (χ4n) is 6.77. The van der Waals surface area contributed by atoms with E-state index >= 15 is 0 Å². The summed E-state index contributed by atoms with van der Waals surface area (Å²) in [5.74, 6) is 4.92. The van der Waals surface area contributed by atoms with Crippen molar-refractivity contribution in [3.8, 4) is 0 Å². The second kappa shape index (κ2) is 17.5. The second-order valence-electron chi connectivity index (χ2n) is 12.2. The van der Waals surface area contributed by atoms with Crippen LogP contribution in [0, 0.1) is 0 Å². The monoisotopic (exact) mass is 680 g/mol. The summed E-state index contributed by atoms with van der Waals surface area (Å²) in [6, 6.07) is 65.3. The Morgan fingerprint density at radius 3 is 1.10 bits per heavy atom. The predicted octanol–water partition coefficient (Wildman–Crippen LogP) is 7.78. The van der Waals surface area contributed by atoms with Crippen molar-refractivity contribution in [3.05, 3.63) is 182 Å². The zero-order chi connectivity index (χ0) is 33.6. The Hall–Kier alpha value is -4.16. The number of benzene rings is 6. The van der Waals surface area contributed by atoms with E-state index in [4.69, 9.17) is 9.47 Å². The van der Waals surface area contributed by atoms with E-state index in [1.165, 1.54) is 44.7 Å². The maximum atomic E-state index is 6.17. The van der Waals surface area contributed by atoms with Crippen LogP contribution in [0.4, 0.5) is 0 Å². The smallest absolute Gasteiger partial charge is 0.0768 e. The zero-order valence-electron chi connectivity index (χ0n) is 28.3. The van der Waals surface area contributed by atoms with Gasteiger partial charge in [0, 0.05) is 13.7 Å². The van der Waals surface area contributed by atoms with Gasteiger partial charge in [0.05, 0.1) is 12.7 Å². The van der Waals surface area contributed by atoms with Crippen molar-refractivity contribution in [3.63, 3.8) is 0 Å². The topological polar surface area (TPSA) is 18.5 Å². The van der Waals surface area contributed by atoms with Crippen molar-refractivity contribution >= 4 is 57.2 Å². The maximum absolute atomic E-state index is 6.17. The Bertz CT molecular complexity index is 1730. The largest absolute Gasteiger partial charge is 0.381 e. The first-order valence-electron chi connectivity index (χ1n) is 17.2. The van der Waals surface area contributed by atoms with Crippen LogP contribution < -0.4 is 31.8 Å². The second-order valence-corrected chi connectivity index (χ2v) is 18.8. The molecule has 4 heteroatoms. The van der Waals surface area contributed by atoms with Crippen LogP contribution in [0.5, 0.6) is 0 Å². The van der Waals surface area contributed by atoms with E-state index < -0.39 is 13.8 Å². The first-order chi connectivity index (χ1) is 24.3. The predicted molar refractivity (Wildman–Crippen MR) is 218 cm³/mol. The minimum absolute atomic E-state index is 0.220. The van der Waals surface area contributed by atoms with Gasteiger partial charge in [0.15, 0.2) is 0 Å². The van der Waals surface area contributed by atoms with Crippen LogP contribution in [0.15, 0.2) is 182 Å². The number of methoxy groups -OCH3 is 1. The molecule has 0 N–H and O–H groups in total. The summed E-state index contributed by atoms with van der Waals surface area (Å²) in [7, 11) is 1.76. The van der Waals surface area contributed by atoms with E-state index in [9.17, 15) is 0 Å². The van der Waals surface area contributed by atoms with Gasteiger partial charge in [-0.25, -0.2) is 0 Å². The molecule has 1 unspecified atom stereocenters. The molecule has 0 amide bonds. The third-order valence-electron chi connectivity index (χ3n) is 9.10.